The molecule has 2 aromatic heterocycles. The van der Waals surface area contributed by atoms with Crippen molar-refractivity contribution in [1.29, 1.82) is 0 Å². The molecule has 0 saturated heterocycles. The molecule has 3 aromatic carbocycles. The monoisotopic (exact) mass is 522 g/mol. The number of para-hydroxylation sites is 1. The molecule has 6 heteroatoms. The van der Waals surface area contributed by atoms with Gasteiger partial charge in [0.1, 0.15) is 5.75 Å². The molecule has 6 nitrogen and oxygen atoms in total. The zero-order chi connectivity index (χ0) is 27.2. The summed E-state index contributed by atoms with van der Waals surface area (Å²) in [7, 11) is 0. The molecule has 39 heavy (non-hydrogen) atoms. The third kappa shape index (κ3) is 5.75. The van der Waals surface area contributed by atoms with Gasteiger partial charge in [-0.3, -0.25) is 4.98 Å². The van der Waals surface area contributed by atoms with Crippen LogP contribution in [0, 0.1) is 6.92 Å². The van der Waals surface area contributed by atoms with Crippen molar-refractivity contribution in [3.63, 3.8) is 0 Å². The highest BCUT2D eigenvalue weighted by Gasteiger charge is 2.20. The highest BCUT2D eigenvalue weighted by Crippen LogP contribution is 2.38. The van der Waals surface area contributed by atoms with Gasteiger partial charge in [-0.05, 0) is 55.7 Å². The second-order valence-electron chi connectivity index (χ2n) is 9.86. The maximum absolute atomic E-state index is 11.6. The second kappa shape index (κ2) is 12.0. The van der Waals surface area contributed by atoms with Gasteiger partial charge in [0.15, 0.2) is 0 Å². The number of hydrogen-bond acceptors (Lipinski definition) is 4. The lowest BCUT2D eigenvalue weighted by molar-refractivity contribution is 0.142. The molecule has 0 unspecified atom stereocenters. The predicted octanol–water partition coefficient (Wildman–Crippen LogP) is 8.49. The number of aromatic nitrogens is 2. The van der Waals surface area contributed by atoms with Crippen molar-refractivity contribution in [2.24, 2.45) is 0 Å². The topological polar surface area (TPSA) is 84.4 Å². The zero-order valence-electron chi connectivity index (χ0n) is 22.5. The Morgan fingerprint density at radius 2 is 1.72 bits per heavy atom. The molecule has 5 rings (SSSR count). The van der Waals surface area contributed by atoms with E-state index in [1.807, 2.05) is 48.7 Å². The van der Waals surface area contributed by atoms with Gasteiger partial charge in [-0.1, -0.05) is 74.4 Å². The van der Waals surface area contributed by atoms with E-state index in [0.29, 0.717) is 19.4 Å². The van der Waals surface area contributed by atoms with Crippen molar-refractivity contribution in [2.75, 3.05) is 6.61 Å². The lowest BCUT2D eigenvalue weighted by Crippen LogP contribution is -2.06. The number of H-pyrrole nitrogens is 1. The highest BCUT2D eigenvalue weighted by atomic mass is 16.7. The molecule has 0 aliphatic rings. The Morgan fingerprint density at radius 1 is 0.923 bits per heavy atom. The van der Waals surface area contributed by atoms with Gasteiger partial charge < -0.3 is 19.6 Å². The molecule has 0 amide bonds. The van der Waals surface area contributed by atoms with E-state index in [1.54, 1.807) is 0 Å². The number of nitrogens with one attached hydrogen (secondary N) is 1. The predicted molar refractivity (Wildman–Crippen MR) is 156 cm³/mol. The number of aryl methyl sites for hydroxylation is 3. The first-order chi connectivity index (χ1) is 19.1. The number of rotatable bonds is 11. The first-order valence-corrected chi connectivity index (χ1v) is 13.7. The molecule has 0 radical (unpaired) electrons. The number of benzene rings is 3. The molecule has 200 valence electrons. The molecule has 5 aromatic rings. The Kier molecular flexibility index (Phi) is 8.11. The molecular formula is C33H34N2O4. The van der Waals surface area contributed by atoms with Gasteiger partial charge in [0, 0.05) is 39.4 Å². The van der Waals surface area contributed by atoms with Crippen molar-refractivity contribution in [1.82, 2.24) is 9.97 Å². The number of pyridine rings is 1. The minimum Gasteiger partial charge on any atom is -0.493 e. The largest absolute Gasteiger partial charge is 0.512 e. The molecule has 0 fully saturated rings. The second-order valence-corrected chi connectivity index (χ2v) is 9.86. The lowest BCUT2D eigenvalue weighted by Gasteiger charge is -2.13. The minimum atomic E-state index is -1.34. The van der Waals surface area contributed by atoms with Crippen molar-refractivity contribution in [3.05, 3.63) is 89.7 Å². The van der Waals surface area contributed by atoms with Crippen LogP contribution in [0.5, 0.6) is 11.6 Å². The molecule has 0 aliphatic heterocycles. The Balaban J connectivity index is 1.44. The van der Waals surface area contributed by atoms with Crippen LogP contribution in [-0.4, -0.2) is 27.8 Å². The molecule has 0 atom stereocenters. The van der Waals surface area contributed by atoms with Crippen LogP contribution in [0.4, 0.5) is 4.79 Å². The van der Waals surface area contributed by atoms with E-state index in [2.05, 4.69) is 43.1 Å². The van der Waals surface area contributed by atoms with E-state index in [9.17, 15) is 9.90 Å². The van der Waals surface area contributed by atoms with E-state index < -0.39 is 6.16 Å². The van der Waals surface area contributed by atoms with Crippen molar-refractivity contribution in [3.8, 4) is 22.8 Å². The van der Waals surface area contributed by atoms with E-state index >= 15 is 0 Å². The highest BCUT2D eigenvalue weighted by molar-refractivity contribution is 5.99. The molecule has 0 aliphatic carbocycles. The third-order valence-corrected chi connectivity index (χ3v) is 7.19. The van der Waals surface area contributed by atoms with E-state index in [-0.39, 0.29) is 5.88 Å². The number of unbranched alkanes of at least 4 members (excludes halogenated alkanes) is 2. The number of ether oxygens (including phenoxy) is 2. The minimum absolute atomic E-state index is 0.268. The summed E-state index contributed by atoms with van der Waals surface area (Å²) in [4.78, 5) is 19.6. The number of carbonyl (C=O) groups is 1. The summed E-state index contributed by atoms with van der Waals surface area (Å²) >= 11 is 0. The molecule has 2 heterocycles. The van der Waals surface area contributed by atoms with Crippen LogP contribution in [0.1, 0.15) is 49.4 Å². The number of nitrogens with zero attached hydrogens (tertiary/aromatic N) is 1. The number of carboxylic acid groups (broad SMARTS) is 1. The fourth-order valence-corrected chi connectivity index (χ4v) is 5.35. The average molecular weight is 523 g/mol. The van der Waals surface area contributed by atoms with Crippen LogP contribution < -0.4 is 9.47 Å². The first kappa shape index (κ1) is 26.3. The third-order valence-electron chi connectivity index (χ3n) is 7.19. The Morgan fingerprint density at radius 3 is 2.56 bits per heavy atom. The summed E-state index contributed by atoms with van der Waals surface area (Å²) in [6.45, 7) is 4.79. The summed E-state index contributed by atoms with van der Waals surface area (Å²) in [5.41, 5.74) is 6.03. The standard InChI is InChI=1S/C33H34N2O4/c1-3-4-5-17-28-30(22(2)19-20-34-28)27-15-9-14-25-26(32(35-31(25)27)39-33(36)37)16-10-21-38-29-18-8-12-23-11-6-7-13-24(23)29/h6-9,11-15,18-20,35H,3-5,10,16-17,21H2,1-2H3,(H,36,37). The van der Waals surface area contributed by atoms with Gasteiger partial charge in [0.25, 0.3) is 0 Å². The van der Waals surface area contributed by atoms with Crippen LogP contribution in [0.2, 0.25) is 0 Å². The van der Waals surface area contributed by atoms with Gasteiger partial charge in [-0.2, -0.15) is 0 Å². The summed E-state index contributed by atoms with van der Waals surface area (Å²) < 4.78 is 11.4. The van der Waals surface area contributed by atoms with E-state index in [4.69, 9.17) is 14.5 Å². The van der Waals surface area contributed by atoms with E-state index in [1.165, 1.54) is 0 Å². The number of fused-ring (bicyclic) bond motifs is 2. The summed E-state index contributed by atoms with van der Waals surface area (Å²) in [5.74, 6) is 1.11. The molecular weight excluding hydrogens is 488 g/mol. The fourth-order valence-electron chi connectivity index (χ4n) is 5.35. The summed E-state index contributed by atoms with van der Waals surface area (Å²) in [5, 5.41) is 12.6. The van der Waals surface area contributed by atoms with Crippen LogP contribution >= 0.6 is 0 Å². The van der Waals surface area contributed by atoms with Crippen LogP contribution in [-0.2, 0) is 12.8 Å². The fraction of sp³-hybridized carbons (Fsp3) is 0.273. The molecule has 0 saturated carbocycles. The zero-order valence-corrected chi connectivity index (χ0v) is 22.5. The molecule has 0 spiro atoms. The smallest absolute Gasteiger partial charge is 0.493 e. The van der Waals surface area contributed by atoms with Gasteiger partial charge in [-0.25, -0.2) is 4.79 Å². The maximum Gasteiger partial charge on any atom is 0.512 e. The Hall–Kier alpha value is -4.32. The first-order valence-electron chi connectivity index (χ1n) is 13.7. The Bertz CT molecular complexity index is 1600. The number of hydrogen-bond donors (Lipinski definition) is 2. The van der Waals surface area contributed by atoms with Crippen LogP contribution in [0.25, 0.3) is 32.8 Å². The normalized spacial score (nSPS) is 11.2. The number of aromatic amines is 1. The quantitative estimate of drug-likeness (QED) is 0.134. The van der Waals surface area contributed by atoms with Gasteiger partial charge in [-0.15, -0.1) is 0 Å². The Labute approximate surface area is 228 Å². The van der Waals surface area contributed by atoms with Crippen LogP contribution in [0.3, 0.4) is 0 Å². The SMILES string of the molecule is CCCCCc1nccc(C)c1-c1cccc2c(CCCOc3cccc4ccccc34)c(OC(=O)O)[nH]c12. The van der Waals surface area contributed by atoms with Gasteiger partial charge in [0.05, 0.1) is 12.1 Å². The summed E-state index contributed by atoms with van der Waals surface area (Å²) in [6.07, 6.45) is 6.12. The van der Waals surface area contributed by atoms with Crippen LogP contribution in [0.15, 0.2) is 72.9 Å². The van der Waals surface area contributed by atoms with Gasteiger partial charge >= 0.3 is 6.16 Å². The average Bonchev–Trinajstić information content (AvgIpc) is 3.28. The lowest BCUT2D eigenvalue weighted by atomic mass is 9.94. The molecule has 0 bridgehead atoms. The van der Waals surface area contributed by atoms with Crippen molar-refractivity contribution >= 4 is 27.8 Å². The van der Waals surface area contributed by atoms with Crippen molar-refractivity contribution < 1.29 is 19.4 Å². The van der Waals surface area contributed by atoms with Gasteiger partial charge in [0.2, 0.25) is 5.88 Å². The summed E-state index contributed by atoms with van der Waals surface area (Å²) in [6, 6.07) is 22.3. The van der Waals surface area contributed by atoms with E-state index in [0.717, 1.165) is 81.1 Å². The van der Waals surface area contributed by atoms with Crippen molar-refractivity contribution in [2.45, 2.75) is 52.4 Å². The molecule has 2 N–H and O–H groups in total. The maximum atomic E-state index is 11.6.